The fourth-order valence-corrected chi connectivity index (χ4v) is 4.08. The number of halogens is 1. The van der Waals surface area contributed by atoms with Crippen molar-refractivity contribution in [1.29, 1.82) is 0 Å². The summed E-state index contributed by atoms with van der Waals surface area (Å²) in [5.74, 6) is 0.518. The maximum Gasteiger partial charge on any atom is 0.251 e. The van der Waals surface area contributed by atoms with E-state index in [4.69, 9.17) is 16.3 Å². The number of amides is 1. The maximum absolute atomic E-state index is 12.8. The van der Waals surface area contributed by atoms with Crippen LogP contribution < -0.4 is 9.64 Å². The Morgan fingerprint density at radius 3 is 2.83 bits per heavy atom. The van der Waals surface area contributed by atoms with Crippen molar-refractivity contribution in [2.45, 2.75) is 25.7 Å². The smallest absolute Gasteiger partial charge is 0.251 e. The summed E-state index contributed by atoms with van der Waals surface area (Å²) in [5.41, 5.74) is 2.80. The van der Waals surface area contributed by atoms with Gasteiger partial charge in [0.2, 0.25) is 5.88 Å². The number of carbonyl (C=O) groups is 1. The highest BCUT2D eigenvalue weighted by atomic mass is 35.5. The molecule has 0 saturated carbocycles. The number of anilines is 1. The number of pyridine rings is 1. The van der Waals surface area contributed by atoms with Gasteiger partial charge in [0, 0.05) is 36.5 Å². The standard InChI is InChI=1S/C23H26ClN3O2/c24-20-7-3-2-6-18(20)8-9-23(28)27-13-10-19-17-25-22(16-21(19)27)29-15-14-26-11-4-1-5-12-26/h2-3,6-9,16-17H,1,4-5,10-15H2. The molecule has 4 rings (SSSR count). The van der Waals surface area contributed by atoms with Gasteiger partial charge in [-0.2, -0.15) is 0 Å². The van der Waals surface area contributed by atoms with Gasteiger partial charge in [0.25, 0.3) is 5.91 Å². The van der Waals surface area contributed by atoms with E-state index in [1.165, 1.54) is 19.3 Å². The van der Waals surface area contributed by atoms with E-state index in [1.807, 2.05) is 36.5 Å². The van der Waals surface area contributed by atoms with E-state index in [-0.39, 0.29) is 5.91 Å². The second-order valence-electron chi connectivity index (χ2n) is 7.50. The van der Waals surface area contributed by atoms with E-state index >= 15 is 0 Å². The van der Waals surface area contributed by atoms with Crippen molar-refractivity contribution < 1.29 is 9.53 Å². The van der Waals surface area contributed by atoms with Gasteiger partial charge in [-0.1, -0.05) is 36.2 Å². The van der Waals surface area contributed by atoms with Crippen molar-refractivity contribution in [3.05, 3.63) is 58.8 Å². The zero-order chi connectivity index (χ0) is 20.1. The van der Waals surface area contributed by atoms with E-state index < -0.39 is 0 Å². The maximum atomic E-state index is 12.8. The molecule has 2 aromatic rings. The number of fused-ring (bicyclic) bond motifs is 1. The first kappa shape index (κ1) is 19.9. The molecule has 0 atom stereocenters. The summed E-state index contributed by atoms with van der Waals surface area (Å²) in [7, 11) is 0. The summed E-state index contributed by atoms with van der Waals surface area (Å²) in [6, 6.07) is 9.37. The SMILES string of the molecule is O=C(C=Cc1ccccc1Cl)N1CCc2cnc(OCCN3CCCCC3)cc21. The number of carbonyl (C=O) groups excluding carboxylic acids is 1. The zero-order valence-corrected chi connectivity index (χ0v) is 17.3. The van der Waals surface area contributed by atoms with Crippen molar-refractivity contribution in [2.24, 2.45) is 0 Å². The van der Waals surface area contributed by atoms with Crippen LogP contribution in [0, 0.1) is 0 Å². The highest BCUT2D eigenvalue weighted by Crippen LogP contribution is 2.30. The van der Waals surface area contributed by atoms with Gasteiger partial charge in [0.1, 0.15) is 6.61 Å². The first-order chi connectivity index (χ1) is 14.2. The third-order valence-corrected chi connectivity index (χ3v) is 5.86. The average Bonchev–Trinajstić information content (AvgIpc) is 3.17. The molecule has 29 heavy (non-hydrogen) atoms. The molecule has 1 aromatic carbocycles. The number of rotatable bonds is 6. The third-order valence-electron chi connectivity index (χ3n) is 5.52. The van der Waals surface area contributed by atoms with Crippen LogP contribution in [0.5, 0.6) is 5.88 Å². The van der Waals surface area contributed by atoms with Gasteiger partial charge in [0.15, 0.2) is 0 Å². The molecule has 1 amide bonds. The number of likely N-dealkylation sites (tertiary alicyclic amines) is 1. The van der Waals surface area contributed by atoms with Crippen molar-refractivity contribution in [1.82, 2.24) is 9.88 Å². The molecule has 0 bridgehead atoms. The van der Waals surface area contributed by atoms with Crippen molar-refractivity contribution in [2.75, 3.05) is 37.7 Å². The van der Waals surface area contributed by atoms with Gasteiger partial charge in [-0.15, -0.1) is 0 Å². The molecule has 0 N–H and O–H groups in total. The Morgan fingerprint density at radius 2 is 2.00 bits per heavy atom. The van der Waals surface area contributed by atoms with Crippen LogP contribution in [0.3, 0.4) is 0 Å². The molecule has 0 spiro atoms. The number of benzene rings is 1. The number of hydrogen-bond acceptors (Lipinski definition) is 4. The average molecular weight is 412 g/mol. The fraction of sp³-hybridized carbons (Fsp3) is 0.391. The van der Waals surface area contributed by atoms with Crippen LogP contribution in [0.4, 0.5) is 5.69 Å². The highest BCUT2D eigenvalue weighted by Gasteiger charge is 2.24. The Morgan fingerprint density at radius 1 is 1.17 bits per heavy atom. The Kier molecular flexibility index (Phi) is 6.47. The zero-order valence-electron chi connectivity index (χ0n) is 16.5. The molecule has 3 heterocycles. The predicted octanol–water partition coefficient (Wildman–Crippen LogP) is 4.20. The molecule has 5 nitrogen and oxygen atoms in total. The van der Waals surface area contributed by atoms with Gasteiger partial charge >= 0.3 is 0 Å². The Labute approximate surface area is 176 Å². The molecule has 2 aliphatic heterocycles. The number of nitrogens with zero attached hydrogens (tertiary/aromatic N) is 3. The predicted molar refractivity (Wildman–Crippen MR) is 117 cm³/mol. The van der Waals surface area contributed by atoms with Gasteiger partial charge in [-0.3, -0.25) is 9.69 Å². The third kappa shape index (κ3) is 4.98. The molecular weight excluding hydrogens is 386 g/mol. The molecule has 1 aromatic heterocycles. The van der Waals surface area contributed by atoms with Crippen LogP contribution in [0.25, 0.3) is 6.08 Å². The minimum atomic E-state index is -0.0610. The number of piperidine rings is 1. The minimum absolute atomic E-state index is 0.0610. The van der Waals surface area contributed by atoms with Crippen LogP contribution in [0.1, 0.15) is 30.4 Å². The van der Waals surface area contributed by atoms with Crippen molar-refractivity contribution >= 4 is 29.3 Å². The second kappa shape index (κ2) is 9.42. The van der Waals surface area contributed by atoms with E-state index in [2.05, 4.69) is 9.88 Å². The van der Waals surface area contributed by atoms with Crippen LogP contribution >= 0.6 is 11.6 Å². The molecule has 1 saturated heterocycles. The quantitative estimate of drug-likeness (QED) is 0.668. The molecule has 2 aliphatic rings. The Hall–Kier alpha value is -2.37. The lowest BCUT2D eigenvalue weighted by Crippen LogP contribution is -2.33. The molecular formula is C23H26ClN3O2. The molecule has 0 radical (unpaired) electrons. The largest absolute Gasteiger partial charge is 0.476 e. The normalized spacial score (nSPS) is 16.9. The first-order valence-corrected chi connectivity index (χ1v) is 10.7. The van der Waals surface area contributed by atoms with Crippen molar-refractivity contribution in [3.8, 4) is 5.88 Å². The number of ether oxygens (including phenoxy) is 1. The topological polar surface area (TPSA) is 45.7 Å². The van der Waals surface area contributed by atoms with Gasteiger partial charge in [-0.25, -0.2) is 4.98 Å². The van der Waals surface area contributed by atoms with Crippen LogP contribution in [-0.2, 0) is 11.2 Å². The van der Waals surface area contributed by atoms with E-state index in [1.54, 1.807) is 17.1 Å². The van der Waals surface area contributed by atoms with E-state index in [0.29, 0.717) is 24.1 Å². The van der Waals surface area contributed by atoms with Crippen LogP contribution in [0.15, 0.2) is 42.6 Å². The first-order valence-electron chi connectivity index (χ1n) is 10.3. The van der Waals surface area contributed by atoms with Gasteiger partial charge in [-0.05, 0) is 55.6 Å². The number of aromatic nitrogens is 1. The molecule has 0 aliphatic carbocycles. The summed E-state index contributed by atoms with van der Waals surface area (Å²) in [6.07, 6.45) is 9.86. The second-order valence-corrected chi connectivity index (χ2v) is 7.90. The number of hydrogen-bond donors (Lipinski definition) is 0. The fourth-order valence-electron chi connectivity index (χ4n) is 3.88. The summed E-state index contributed by atoms with van der Waals surface area (Å²) < 4.78 is 5.88. The summed E-state index contributed by atoms with van der Waals surface area (Å²) in [5, 5.41) is 0.631. The highest BCUT2D eigenvalue weighted by molar-refractivity contribution is 6.32. The summed E-state index contributed by atoms with van der Waals surface area (Å²) >= 11 is 6.17. The molecule has 1 fully saturated rings. The lowest BCUT2D eigenvalue weighted by molar-refractivity contribution is -0.114. The van der Waals surface area contributed by atoms with E-state index in [0.717, 1.165) is 42.9 Å². The molecule has 0 unspecified atom stereocenters. The summed E-state index contributed by atoms with van der Waals surface area (Å²) in [6.45, 7) is 4.50. The van der Waals surface area contributed by atoms with Crippen LogP contribution in [-0.4, -0.2) is 48.6 Å². The van der Waals surface area contributed by atoms with E-state index in [9.17, 15) is 4.79 Å². The molecule has 152 valence electrons. The minimum Gasteiger partial charge on any atom is -0.476 e. The van der Waals surface area contributed by atoms with Crippen LogP contribution in [0.2, 0.25) is 5.02 Å². The lowest BCUT2D eigenvalue weighted by atomic mass is 10.1. The Balaban J connectivity index is 1.38. The summed E-state index contributed by atoms with van der Waals surface area (Å²) in [4.78, 5) is 21.4. The monoisotopic (exact) mass is 411 g/mol. The van der Waals surface area contributed by atoms with Gasteiger partial charge in [0.05, 0.1) is 5.69 Å². The lowest BCUT2D eigenvalue weighted by Gasteiger charge is -2.26. The van der Waals surface area contributed by atoms with Gasteiger partial charge < -0.3 is 9.64 Å². The Bertz CT molecular complexity index is 893. The van der Waals surface area contributed by atoms with Crippen molar-refractivity contribution in [3.63, 3.8) is 0 Å². The molecule has 6 heteroatoms.